The first-order chi connectivity index (χ1) is 8.88. The standard InChI is InChI=1S/C12H22N4O2/c17-6-5-16-9-12(14-15-16)8-13-4-1-7-18-10-11-2-3-11/h9,11,13,17H,1-8,10H2. The Morgan fingerprint density at radius 2 is 2.39 bits per heavy atom. The lowest BCUT2D eigenvalue weighted by Gasteiger charge is -2.03. The van der Waals surface area contributed by atoms with Crippen LogP contribution in [0.1, 0.15) is 25.0 Å². The molecular weight excluding hydrogens is 232 g/mol. The maximum absolute atomic E-state index is 8.75. The fraction of sp³-hybridized carbons (Fsp3) is 0.833. The molecule has 0 spiro atoms. The van der Waals surface area contributed by atoms with Gasteiger partial charge in [0.2, 0.25) is 0 Å². The normalized spacial score (nSPS) is 15.2. The SMILES string of the molecule is OCCn1cc(CNCCCOCC2CC2)nn1. The van der Waals surface area contributed by atoms with E-state index < -0.39 is 0 Å². The molecular formula is C12H22N4O2. The zero-order valence-electron chi connectivity index (χ0n) is 10.7. The maximum Gasteiger partial charge on any atom is 0.0964 e. The Kier molecular flexibility index (Phi) is 5.57. The van der Waals surface area contributed by atoms with Crippen molar-refractivity contribution in [2.24, 2.45) is 5.92 Å². The fourth-order valence-electron chi connectivity index (χ4n) is 1.68. The van der Waals surface area contributed by atoms with Crippen molar-refractivity contribution in [1.29, 1.82) is 0 Å². The number of rotatable bonds is 10. The minimum absolute atomic E-state index is 0.0918. The van der Waals surface area contributed by atoms with Crippen LogP contribution in [0.25, 0.3) is 0 Å². The highest BCUT2D eigenvalue weighted by Gasteiger charge is 2.20. The summed E-state index contributed by atoms with van der Waals surface area (Å²) in [5, 5.41) is 20.0. The summed E-state index contributed by atoms with van der Waals surface area (Å²) in [6, 6.07) is 0. The van der Waals surface area contributed by atoms with Crippen LogP contribution >= 0.6 is 0 Å². The molecule has 2 rings (SSSR count). The Bertz CT molecular complexity index is 339. The third-order valence-corrected chi connectivity index (χ3v) is 2.91. The van der Waals surface area contributed by atoms with E-state index in [0.717, 1.165) is 37.8 Å². The number of hydrogen-bond acceptors (Lipinski definition) is 5. The highest BCUT2D eigenvalue weighted by atomic mass is 16.5. The highest BCUT2D eigenvalue weighted by Crippen LogP contribution is 2.28. The van der Waals surface area contributed by atoms with Crippen molar-refractivity contribution < 1.29 is 9.84 Å². The van der Waals surface area contributed by atoms with E-state index in [1.54, 1.807) is 4.68 Å². The molecule has 0 aromatic carbocycles. The van der Waals surface area contributed by atoms with Crippen LogP contribution in [0, 0.1) is 5.92 Å². The Balaban J connectivity index is 1.46. The van der Waals surface area contributed by atoms with Gasteiger partial charge in [-0.3, -0.25) is 0 Å². The van der Waals surface area contributed by atoms with Crippen molar-refractivity contribution >= 4 is 0 Å². The van der Waals surface area contributed by atoms with Crippen LogP contribution in [0.2, 0.25) is 0 Å². The van der Waals surface area contributed by atoms with Gasteiger partial charge in [0.15, 0.2) is 0 Å². The Labute approximate surface area is 107 Å². The van der Waals surface area contributed by atoms with Gasteiger partial charge in [0, 0.05) is 26.0 Å². The van der Waals surface area contributed by atoms with E-state index in [1.807, 2.05) is 6.20 Å². The van der Waals surface area contributed by atoms with Gasteiger partial charge in [0.1, 0.15) is 0 Å². The van der Waals surface area contributed by atoms with Gasteiger partial charge in [-0.15, -0.1) is 5.10 Å². The zero-order valence-corrected chi connectivity index (χ0v) is 10.7. The molecule has 0 bridgehead atoms. The fourth-order valence-corrected chi connectivity index (χ4v) is 1.68. The minimum atomic E-state index is 0.0918. The number of aliphatic hydroxyl groups is 1. The predicted molar refractivity (Wildman–Crippen MR) is 67.0 cm³/mol. The first-order valence-corrected chi connectivity index (χ1v) is 6.67. The third-order valence-electron chi connectivity index (χ3n) is 2.91. The van der Waals surface area contributed by atoms with Crippen molar-refractivity contribution in [3.8, 4) is 0 Å². The van der Waals surface area contributed by atoms with Crippen LogP contribution in [-0.2, 0) is 17.8 Å². The second-order valence-corrected chi connectivity index (χ2v) is 4.75. The Morgan fingerprint density at radius 1 is 1.50 bits per heavy atom. The number of hydrogen-bond donors (Lipinski definition) is 2. The molecule has 2 N–H and O–H groups in total. The van der Waals surface area contributed by atoms with Crippen LogP contribution in [0.15, 0.2) is 6.20 Å². The average Bonchev–Trinajstić information content (AvgIpc) is 3.09. The molecule has 0 saturated heterocycles. The number of ether oxygens (including phenoxy) is 1. The van der Waals surface area contributed by atoms with Gasteiger partial charge < -0.3 is 15.2 Å². The number of nitrogens with zero attached hydrogens (tertiary/aromatic N) is 3. The molecule has 0 radical (unpaired) electrons. The van der Waals surface area contributed by atoms with Gasteiger partial charge in [0.25, 0.3) is 0 Å². The van der Waals surface area contributed by atoms with Crippen molar-refractivity contribution in [2.75, 3.05) is 26.4 Å². The van der Waals surface area contributed by atoms with Crippen molar-refractivity contribution in [2.45, 2.75) is 32.4 Å². The van der Waals surface area contributed by atoms with Gasteiger partial charge in [-0.25, -0.2) is 4.68 Å². The molecule has 1 aromatic rings. The number of aromatic nitrogens is 3. The van der Waals surface area contributed by atoms with Gasteiger partial charge in [-0.2, -0.15) is 0 Å². The summed E-state index contributed by atoms with van der Waals surface area (Å²) in [6.07, 6.45) is 5.58. The van der Waals surface area contributed by atoms with Gasteiger partial charge >= 0.3 is 0 Å². The lowest BCUT2D eigenvalue weighted by molar-refractivity contribution is 0.122. The van der Waals surface area contributed by atoms with Crippen LogP contribution in [0.4, 0.5) is 0 Å². The van der Waals surface area contributed by atoms with Crippen LogP contribution in [0.3, 0.4) is 0 Å². The zero-order chi connectivity index (χ0) is 12.6. The van der Waals surface area contributed by atoms with Gasteiger partial charge in [-0.1, -0.05) is 5.21 Å². The summed E-state index contributed by atoms with van der Waals surface area (Å²) >= 11 is 0. The number of nitrogens with one attached hydrogen (secondary N) is 1. The van der Waals surface area contributed by atoms with Crippen LogP contribution in [-0.4, -0.2) is 46.5 Å². The molecule has 102 valence electrons. The molecule has 1 saturated carbocycles. The smallest absolute Gasteiger partial charge is 0.0964 e. The summed E-state index contributed by atoms with van der Waals surface area (Å²) < 4.78 is 7.19. The molecule has 0 atom stereocenters. The van der Waals surface area contributed by atoms with E-state index in [9.17, 15) is 0 Å². The third kappa shape index (κ3) is 5.12. The van der Waals surface area contributed by atoms with E-state index in [-0.39, 0.29) is 6.61 Å². The van der Waals surface area contributed by atoms with Crippen LogP contribution in [0.5, 0.6) is 0 Å². The summed E-state index contributed by atoms with van der Waals surface area (Å²) in [6.45, 7) is 4.01. The average molecular weight is 254 g/mol. The molecule has 6 heteroatoms. The minimum Gasteiger partial charge on any atom is -0.394 e. The van der Waals surface area contributed by atoms with Gasteiger partial charge in [0.05, 0.1) is 18.8 Å². The lowest BCUT2D eigenvalue weighted by Crippen LogP contribution is -2.17. The monoisotopic (exact) mass is 254 g/mol. The maximum atomic E-state index is 8.75. The predicted octanol–water partition coefficient (Wildman–Crippen LogP) is 0.177. The first-order valence-electron chi connectivity index (χ1n) is 6.67. The van der Waals surface area contributed by atoms with Crippen LogP contribution < -0.4 is 5.32 Å². The first kappa shape index (κ1) is 13.5. The molecule has 1 aromatic heterocycles. The van der Waals surface area contributed by atoms with Crippen molar-refractivity contribution in [3.63, 3.8) is 0 Å². The highest BCUT2D eigenvalue weighted by molar-refractivity contribution is 4.91. The molecule has 18 heavy (non-hydrogen) atoms. The molecule has 0 aliphatic heterocycles. The molecule has 1 aliphatic carbocycles. The van der Waals surface area contributed by atoms with E-state index in [1.165, 1.54) is 12.8 Å². The van der Waals surface area contributed by atoms with Crippen molar-refractivity contribution in [1.82, 2.24) is 20.3 Å². The molecule has 1 aliphatic rings. The number of aliphatic hydroxyl groups excluding tert-OH is 1. The van der Waals surface area contributed by atoms with Gasteiger partial charge in [-0.05, 0) is 31.7 Å². The molecule has 6 nitrogen and oxygen atoms in total. The largest absolute Gasteiger partial charge is 0.394 e. The van der Waals surface area contributed by atoms with E-state index >= 15 is 0 Å². The molecule has 0 amide bonds. The molecule has 1 fully saturated rings. The van der Waals surface area contributed by atoms with E-state index in [0.29, 0.717) is 13.1 Å². The second-order valence-electron chi connectivity index (χ2n) is 4.75. The quantitative estimate of drug-likeness (QED) is 0.583. The summed E-state index contributed by atoms with van der Waals surface area (Å²) in [4.78, 5) is 0. The molecule has 1 heterocycles. The summed E-state index contributed by atoms with van der Waals surface area (Å²) in [7, 11) is 0. The Morgan fingerprint density at radius 3 is 3.17 bits per heavy atom. The second kappa shape index (κ2) is 7.45. The van der Waals surface area contributed by atoms with Crippen molar-refractivity contribution in [3.05, 3.63) is 11.9 Å². The van der Waals surface area contributed by atoms with E-state index in [4.69, 9.17) is 9.84 Å². The topological polar surface area (TPSA) is 72.2 Å². The summed E-state index contributed by atoms with van der Waals surface area (Å²) in [5.41, 5.74) is 0.905. The lowest BCUT2D eigenvalue weighted by atomic mass is 10.4. The van der Waals surface area contributed by atoms with E-state index in [2.05, 4.69) is 15.6 Å². The summed E-state index contributed by atoms with van der Waals surface area (Å²) in [5.74, 6) is 0.847. The molecule has 0 unspecified atom stereocenters. The Hall–Kier alpha value is -0.980.